The maximum Gasteiger partial charge on any atom is 0.145 e. The molecule has 2 rings (SSSR count). The summed E-state index contributed by atoms with van der Waals surface area (Å²) >= 11 is 0. The highest BCUT2D eigenvalue weighted by Gasteiger charge is 2.05. The van der Waals surface area contributed by atoms with E-state index < -0.39 is 0 Å². The first-order valence-electron chi connectivity index (χ1n) is 4.89. The number of nitrogens with two attached hydrogens (primary N) is 1. The van der Waals surface area contributed by atoms with Crippen LogP contribution in [-0.2, 0) is 6.54 Å². The van der Waals surface area contributed by atoms with Crippen molar-refractivity contribution in [1.82, 2.24) is 4.98 Å². The third-order valence-electron chi connectivity index (χ3n) is 2.52. The smallest absolute Gasteiger partial charge is 0.145 e. The second-order valence-corrected chi connectivity index (χ2v) is 3.49. The van der Waals surface area contributed by atoms with E-state index in [0.29, 0.717) is 6.54 Å². The maximum absolute atomic E-state index is 5.63. The number of hydrogen-bond donors (Lipinski definition) is 1. The molecule has 0 saturated heterocycles. The molecule has 2 aromatic rings. The van der Waals surface area contributed by atoms with Crippen LogP contribution in [0.25, 0.3) is 10.9 Å². The molecule has 0 unspecified atom stereocenters. The zero-order valence-corrected chi connectivity index (χ0v) is 8.95. The summed E-state index contributed by atoms with van der Waals surface area (Å²) in [6.45, 7) is 2.48. The predicted molar refractivity (Wildman–Crippen MR) is 60.9 cm³/mol. The number of hydrogen-bond acceptors (Lipinski definition) is 3. The second kappa shape index (κ2) is 3.87. The van der Waals surface area contributed by atoms with Gasteiger partial charge in [0.15, 0.2) is 0 Å². The number of pyridine rings is 1. The van der Waals surface area contributed by atoms with Crippen LogP contribution in [0.5, 0.6) is 5.75 Å². The highest BCUT2D eigenvalue weighted by Crippen LogP contribution is 2.24. The van der Waals surface area contributed by atoms with Crippen LogP contribution in [0.3, 0.4) is 0 Å². The van der Waals surface area contributed by atoms with Crippen LogP contribution in [0.2, 0.25) is 0 Å². The van der Waals surface area contributed by atoms with Crippen molar-refractivity contribution in [3.8, 4) is 5.75 Å². The highest BCUT2D eigenvalue weighted by atomic mass is 16.5. The van der Waals surface area contributed by atoms with Crippen molar-refractivity contribution >= 4 is 10.9 Å². The molecule has 0 aliphatic carbocycles. The van der Waals surface area contributed by atoms with Gasteiger partial charge in [-0.05, 0) is 24.6 Å². The molecule has 78 valence electrons. The number of aromatic nitrogens is 1. The van der Waals surface area contributed by atoms with Gasteiger partial charge in [-0.15, -0.1) is 0 Å². The van der Waals surface area contributed by atoms with Crippen molar-refractivity contribution in [3.63, 3.8) is 0 Å². The first kappa shape index (κ1) is 9.93. The normalized spacial score (nSPS) is 10.6. The lowest BCUT2D eigenvalue weighted by atomic mass is 10.1. The van der Waals surface area contributed by atoms with Crippen molar-refractivity contribution in [2.45, 2.75) is 13.5 Å². The molecule has 3 nitrogen and oxygen atoms in total. The first-order chi connectivity index (χ1) is 7.26. The van der Waals surface area contributed by atoms with Crippen LogP contribution in [0.1, 0.15) is 11.3 Å². The summed E-state index contributed by atoms with van der Waals surface area (Å²) in [7, 11) is 1.65. The fraction of sp³-hybridized carbons (Fsp3) is 0.250. The summed E-state index contributed by atoms with van der Waals surface area (Å²) in [4.78, 5) is 4.51. The Morgan fingerprint density at radius 3 is 2.87 bits per heavy atom. The monoisotopic (exact) mass is 202 g/mol. The molecule has 1 aromatic heterocycles. The van der Waals surface area contributed by atoms with Gasteiger partial charge in [0.25, 0.3) is 0 Å². The molecule has 2 N–H and O–H groups in total. The van der Waals surface area contributed by atoms with Crippen LogP contribution >= 0.6 is 0 Å². The number of nitrogens with zero attached hydrogens (tertiary/aromatic N) is 1. The van der Waals surface area contributed by atoms with Gasteiger partial charge in [-0.3, -0.25) is 0 Å². The lowest BCUT2D eigenvalue weighted by molar-refractivity contribution is 0.419. The van der Waals surface area contributed by atoms with Crippen LogP contribution < -0.4 is 10.5 Å². The molecular weight excluding hydrogens is 188 g/mol. The third-order valence-corrected chi connectivity index (χ3v) is 2.52. The van der Waals surface area contributed by atoms with Gasteiger partial charge in [0.1, 0.15) is 11.3 Å². The van der Waals surface area contributed by atoms with Gasteiger partial charge in [0.2, 0.25) is 0 Å². The zero-order valence-electron chi connectivity index (χ0n) is 8.95. The molecule has 0 amide bonds. The molecule has 1 aromatic carbocycles. The lowest BCUT2D eigenvalue weighted by Gasteiger charge is -2.08. The Morgan fingerprint density at radius 2 is 2.20 bits per heavy atom. The Hall–Kier alpha value is -1.61. The number of rotatable bonds is 2. The number of benzene rings is 1. The van der Waals surface area contributed by atoms with Crippen molar-refractivity contribution in [3.05, 3.63) is 35.5 Å². The summed E-state index contributed by atoms with van der Waals surface area (Å²) in [6, 6.07) is 7.99. The topological polar surface area (TPSA) is 48.1 Å². The molecule has 0 radical (unpaired) electrons. The van der Waals surface area contributed by atoms with Crippen LogP contribution in [0.15, 0.2) is 24.3 Å². The lowest BCUT2D eigenvalue weighted by Crippen LogP contribution is -2.03. The number of ether oxygens (including phenoxy) is 1. The summed E-state index contributed by atoms with van der Waals surface area (Å²) in [5.41, 5.74) is 8.56. The van der Waals surface area contributed by atoms with Gasteiger partial charge in [-0.1, -0.05) is 12.1 Å². The largest absolute Gasteiger partial charge is 0.494 e. The highest BCUT2D eigenvalue weighted by molar-refractivity contribution is 5.85. The fourth-order valence-corrected chi connectivity index (χ4v) is 1.69. The number of methoxy groups -OCH3 is 1. The Morgan fingerprint density at radius 1 is 1.40 bits per heavy atom. The molecule has 0 fully saturated rings. The van der Waals surface area contributed by atoms with E-state index in [-0.39, 0.29) is 0 Å². The molecular formula is C12H14N2O. The summed E-state index contributed by atoms with van der Waals surface area (Å²) < 4.78 is 5.26. The van der Waals surface area contributed by atoms with Crippen LogP contribution in [0, 0.1) is 6.92 Å². The van der Waals surface area contributed by atoms with Crippen molar-refractivity contribution in [2.24, 2.45) is 5.73 Å². The minimum absolute atomic E-state index is 0.458. The molecule has 0 aliphatic heterocycles. The minimum Gasteiger partial charge on any atom is -0.494 e. The van der Waals surface area contributed by atoms with Gasteiger partial charge in [0.05, 0.1) is 12.8 Å². The Kier molecular flexibility index (Phi) is 2.56. The van der Waals surface area contributed by atoms with Gasteiger partial charge in [-0.2, -0.15) is 0 Å². The third kappa shape index (κ3) is 1.66. The van der Waals surface area contributed by atoms with E-state index >= 15 is 0 Å². The van der Waals surface area contributed by atoms with Crippen molar-refractivity contribution in [2.75, 3.05) is 7.11 Å². The van der Waals surface area contributed by atoms with Crippen molar-refractivity contribution < 1.29 is 4.74 Å². The molecule has 1 heterocycles. The molecule has 3 heteroatoms. The van der Waals surface area contributed by atoms with Crippen LogP contribution in [0.4, 0.5) is 0 Å². The van der Waals surface area contributed by atoms with E-state index in [1.165, 1.54) is 0 Å². The summed E-state index contributed by atoms with van der Waals surface area (Å²) in [6.07, 6.45) is 0. The molecule has 0 aliphatic rings. The van der Waals surface area contributed by atoms with E-state index in [9.17, 15) is 0 Å². The SMILES string of the molecule is COc1cccc2cc(C)c(CN)nc12. The number of para-hydroxylation sites is 1. The Balaban J connectivity index is 2.76. The van der Waals surface area contributed by atoms with E-state index in [2.05, 4.69) is 11.1 Å². The van der Waals surface area contributed by atoms with E-state index in [0.717, 1.165) is 27.9 Å². The molecule has 0 bridgehead atoms. The summed E-state index contributed by atoms with van der Waals surface area (Å²) in [5, 5.41) is 1.09. The standard InChI is InChI=1S/C12H14N2O/c1-8-6-9-4-3-5-11(15-2)12(9)14-10(8)7-13/h3-6H,7,13H2,1-2H3. The fourth-order valence-electron chi connectivity index (χ4n) is 1.69. The van der Waals surface area contributed by atoms with E-state index in [1.54, 1.807) is 7.11 Å². The van der Waals surface area contributed by atoms with Gasteiger partial charge < -0.3 is 10.5 Å². The number of aryl methyl sites for hydroxylation is 1. The Labute approximate surface area is 88.9 Å². The van der Waals surface area contributed by atoms with Crippen molar-refractivity contribution in [1.29, 1.82) is 0 Å². The summed E-state index contributed by atoms with van der Waals surface area (Å²) in [5.74, 6) is 0.794. The Bertz CT molecular complexity index is 494. The predicted octanol–water partition coefficient (Wildman–Crippen LogP) is 2.01. The minimum atomic E-state index is 0.458. The second-order valence-electron chi connectivity index (χ2n) is 3.49. The maximum atomic E-state index is 5.63. The van der Waals surface area contributed by atoms with E-state index in [4.69, 9.17) is 10.5 Å². The first-order valence-corrected chi connectivity index (χ1v) is 4.89. The molecule has 15 heavy (non-hydrogen) atoms. The quantitative estimate of drug-likeness (QED) is 0.810. The average molecular weight is 202 g/mol. The van der Waals surface area contributed by atoms with Gasteiger partial charge in [-0.25, -0.2) is 4.98 Å². The van der Waals surface area contributed by atoms with Gasteiger partial charge >= 0.3 is 0 Å². The average Bonchev–Trinajstić information content (AvgIpc) is 2.27. The zero-order chi connectivity index (χ0) is 10.8. The van der Waals surface area contributed by atoms with Gasteiger partial charge in [0, 0.05) is 11.9 Å². The molecule has 0 saturated carbocycles. The molecule has 0 atom stereocenters. The van der Waals surface area contributed by atoms with Crippen LogP contribution in [-0.4, -0.2) is 12.1 Å². The number of fused-ring (bicyclic) bond motifs is 1. The molecule has 0 spiro atoms. The van der Waals surface area contributed by atoms with E-state index in [1.807, 2.05) is 25.1 Å².